The van der Waals surface area contributed by atoms with Gasteiger partial charge >= 0.3 is 0 Å². The van der Waals surface area contributed by atoms with Gasteiger partial charge in [-0.3, -0.25) is 9.59 Å². The van der Waals surface area contributed by atoms with E-state index in [2.05, 4.69) is 15.6 Å². The summed E-state index contributed by atoms with van der Waals surface area (Å²) in [5.41, 5.74) is 3.28. The van der Waals surface area contributed by atoms with Crippen molar-refractivity contribution in [3.63, 3.8) is 0 Å². The van der Waals surface area contributed by atoms with Crippen LogP contribution in [0, 0.1) is 0 Å². The van der Waals surface area contributed by atoms with Gasteiger partial charge in [-0.2, -0.15) is 0 Å². The Labute approximate surface area is 152 Å². The molecule has 0 unspecified atom stereocenters. The normalized spacial score (nSPS) is 10.7. The lowest BCUT2D eigenvalue weighted by atomic mass is 10.2. The molecule has 0 aliphatic rings. The third-order valence-electron chi connectivity index (χ3n) is 4.01. The maximum absolute atomic E-state index is 12.2. The van der Waals surface area contributed by atoms with Crippen LogP contribution in [0.1, 0.15) is 26.2 Å². The summed E-state index contributed by atoms with van der Waals surface area (Å²) in [6.07, 6.45) is 3.37. The molecule has 0 spiro atoms. The second-order valence-corrected chi connectivity index (χ2v) is 6.10. The molecule has 0 saturated carbocycles. The first kappa shape index (κ1) is 17.7. The number of hydrogen-bond donors (Lipinski definition) is 2. The standard InChI is InChI=1S/C20H22N4O2/c1-2-6-19(25)22-15-7-5-8-16(13-15)23-20(26)11-12-24-14-21-17-9-3-4-10-18(17)24/h3-5,7-10,13-14H,2,6,11-12H2,1H3,(H,22,25)(H,23,26). The lowest BCUT2D eigenvalue weighted by Gasteiger charge is -2.09. The highest BCUT2D eigenvalue weighted by molar-refractivity contribution is 5.94. The molecule has 0 bridgehead atoms. The molecule has 134 valence electrons. The van der Waals surface area contributed by atoms with E-state index < -0.39 is 0 Å². The zero-order valence-electron chi connectivity index (χ0n) is 14.7. The Balaban J connectivity index is 1.57. The van der Waals surface area contributed by atoms with Crippen LogP contribution in [0.3, 0.4) is 0 Å². The minimum atomic E-state index is -0.0835. The largest absolute Gasteiger partial charge is 0.330 e. The van der Waals surface area contributed by atoms with E-state index in [1.807, 2.05) is 35.8 Å². The topological polar surface area (TPSA) is 76.0 Å². The number of imidazole rings is 1. The summed E-state index contributed by atoms with van der Waals surface area (Å²) < 4.78 is 1.97. The number of nitrogens with zero attached hydrogens (tertiary/aromatic N) is 2. The van der Waals surface area contributed by atoms with Crippen molar-refractivity contribution in [1.29, 1.82) is 0 Å². The molecule has 2 aromatic carbocycles. The smallest absolute Gasteiger partial charge is 0.226 e. The average molecular weight is 350 g/mol. The lowest BCUT2D eigenvalue weighted by Crippen LogP contribution is -2.15. The third kappa shape index (κ3) is 4.47. The number of rotatable bonds is 7. The highest BCUT2D eigenvalue weighted by Crippen LogP contribution is 2.16. The number of carbonyl (C=O) groups is 2. The molecule has 26 heavy (non-hydrogen) atoms. The fourth-order valence-electron chi connectivity index (χ4n) is 2.76. The second kappa shape index (κ2) is 8.29. The van der Waals surface area contributed by atoms with E-state index in [0.717, 1.165) is 17.5 Å². The maximum Gasteiger partial charge on any atom is 0.226 e. The zero-order valence-corrected chi connectivity index (χ0v) is 14.7. The van der Waals surface area contributed by atoms with E-state index in [-0.39, 0.29) is 11.8 Å². The Hall–Kier alpha value is -3.15. The van der Waals surface area contributed by atoms with Crippen molar-refractivity contribution in [2.75, 3.05) is 10.6 Å². The first-order valence-electron chi connectivity index (χ1n) is 8.75. The van der Waals surface area contributed by atoms with Gasteiger partial charge in [-0.1, -0.05) is 25.1 Å². The molecule has 0 radical (unpaired) electrons. The van der Waals surface area contributed by atoms with Gasteiger partial charge in [0, 0.05) is 30.8 Å². The van der Waals surface area contributed by atoms with Gasteiger partial charge in [-0.15, -0.1) is 0 Å². The minimum Gasteiger partial charge on any atom is -0.330 e. The van der Waals surface area contributed by atoms with Gasteiger partial charge in [-0.05, 0) is 36.8 Å². The number of amides is 2. The predicted molar refractivity (Wildman–Crippen MR) is 103 cm³/mol. The summed E-state index contributed by atoms with van der Waals surface area (Å²) in [4.78, 5) is 28.3. The van der Waals surface area contributed by atoms with Crippen molar-refractivity contribution in [2.24, 2.45) is 0 Å². The second-order valence-electron chi connectivity index (χ2n) is 6.10. The fraction of sp³-hybridized carbons (Fsp3) is 0.250. The molecule has 2 amide bonds. The van der Waals surface area contributed by atoms with E-state index in [1.165, 1.54) is 0 Å². The van der Waals surface area contributed by atoms with E-state index in [1.54, 1.807) is 30.6 Å². The highest BCUT2D eigenvalue weighted by atomic mass is 16.2. The van der Waals surface area contributed by atoms with Crippen LogP contribution in [0.2, 0.25) is 0 Å². The van der Waals surface area contributed by atoms with E-state index in [4.69, 9.17) is 0 Å². The lowest BCUT2D eigenvalue weighted by molar-refractivity contribution is -0.117. The Kier molecular flexibility index (Phi) is 5.63. The SMILES string of the molecule is CCCC(=O)Nc1cccc(NC(=O)CCn2cnc3ccccc32)c1. The van der Waals surface area contributed by atoms with Crippen LogP contribution in [0.25, 0.3) is 11.0 Å². The van der Waals surface area contributed by atoms with Crippen molar-refractivity contribution in [2.45, 2.75) is 32.7 Å². The van der Waals surface area contributed by atoms with Crippen LogP contribution in [0.5, 0.6) is 0 Å². The number of aromatic nitrogens is 2. The molecule has 0 saturated heterocycles. The van der Waals surface area contributed by atoms with Crippen LogP contribution in [-0.2, 0) is 16.1 Å². The van der Waals surface area contributed by atoms with Gasteiger partial charge in [0.05, 0.1) is 17.4 Å². The van der Waals surface area contributed by atoms with Gasteiger partial charge in [0.1, 0.15) is 0 Å². The monoisotopic (exact) mass is 350 g/mol. The van der Waals surface area contributed by atoms with Crippen molar-refractivity contribution < 1.29 is 9.59 Å². The number of hydrogen-bond acceptors (Lipinski definition) is 3. The average Bonchev–Trinajstić information content (AvgIpc) is 3.04. The molecule has 0 aliphatic carbocycles. The first-order chi connectivity index (χ1) is 12.7. The van der Waals surface area contributed by atoms with Gasteiger partial charge in [-0.25, -0.2) is 4.98 Å². The van der Waals surface area contributed by atoms with Gasteiger partial charge in [0.2, 0.25) is 11.8 Å². The van der Waals surface area contributed by atoms with Gasteiger partial charge in [0.25, 0.3) is 0 Å². The predicted octanol–water partition coefficient (Wildman–Crippen LogP) is 3.80. The Bertz CT molecular complexity index is 917. The minimum absolute atomic E-state index is 0.0250. The molecule has 3 aromatic rings. The molecule has 2 N–H and O–H groups in total. The third-order valence-corrected chi connectivity index (χ3v) is 4.01. The molecule has 3 rings (SSSR count). The molecule has 1 aromatic heterocycles. The highest BCUT2D eigenvalue weighted by Gasteiger charge is 2.07. The number of fused-ring (bicyclic) bond motifs is 1. The van der Waals surface area contributed by atoms with Crippen molar-refractivity contribution in [3.8, 4) is 0 Å². The van der Waals surface area contributed by atoms with E-state index >= 15 is 0 Å². The Morgan fingerprint density at radius 2 is 1.65 bits per heavy atom. The summed E-state index contributed by atoms with van der Waals surface area (Å²) in [5.74, 6) is -0.109. The number of aryl methyl sites for hydroxylation is 1. The Morgan fingerprint density at radius 3 is 2.38 bits per heavy atom. The van der Waals surface area contributed by atoms with Crippen LogP contribution < -0.4 is 10.6 Å². The maximum atomic E-state index is 12.2. The number of nitrogens with one attached hydrogen (secondary N) is 2. The fourth-order valence-corrected chi connectivity index (χ4v) is 2.76. The van der Waals surface area contributed by atoms with Crippen LogP contribution in [0.15, 0.2) is 54.9 Å². The summed E-state index contributed by atoms with van der Waals surface area (Å²) in [6, 6.07) is 15.0. The summed E-state index contributed by atoms with van der Waals surface area (Å²) >= 11 is 0. The van der Waals surface area contributed by atoms with Gasteiger partial charge < -0.3 is 15.2 Å². The molecule has 0 aliphatic heterocycles. The van der Waals surface area contributed by atoms with Crippen LogP contribution in [0.4, 0.5) is 11.4 Å². The van der Waals surface area contributed by atoms with Crippen LogP contribution >= 0.6 is 0 Å². The van der Waals surface area contributed by atoms with E-state index in [0.29, 0.717) is 30.8 Å². The number of para-hydroxylation sites is 2. The van der Waals surface area contributed by atoms with Gasteiger partial charge in [0.15, 0.2) is 0 Å². The zero-order chi connectivity index (χ0) is 18.4. The first-order valence-corrected chi connectivity index (χ1v) is 8.75. The quantitative estimate of drug-likeness (QED) is 0.680. The summed E-state index contributed by atoms with van der Waals surface area (Å²) in [5, 5.41) is 5.70. The summed E-state index contributed by atoms with van der Waals surface area (Å²) in [6.45, 7) is 2.51. The molecule has 0 atom stereocenters. The van der Waals surface area contributed by atoms with Crippen molar-refractivity contribution in [3.05, 3.63) is 54.9 Å². The van der Waals surface area contributed by atoms with E-state index in [9.17, 15) is 9.59 Å². The van der Waals surface area contributed by atoms with Crippen molar-refractivity contribution in [1.82, 2.24) is 9.55 Å². The molecule has 0 fully saturated rings. The molecule has 6 heteroatoms. The molecular formula is C20H22N4O2. The Morgan fingerprint density at radius 1 is 0.962 bits per heavy atom. The molecule has 6 nitrogen and oxygen atoms in total. The number of carbonyl (C=O) groups excluding carboxylic acids is 2. The number of anilines is 2. The molecule has 1 heterocycles. The number of benzene rings is 2. The van der Waals surface area contributed by atoms with Crippen molar-refractivity contribution >= 4 is 34.2 Å². The molecular weight excluding hydrogens is 328 g/mol. The van der Waals surface area contributed by atoms with Crippen LogP contribution in [-0.4, -0.2) is 21.4 Å². The summed E-state index contributed by atoms with van der Waals surface area (Å²) in [7, 11) is 0.